The third kappa shape index (κ3) is 2.97. The van der Waals surface area contributed by atoms with Crippen LogP contribution in [0.1, 0.15) is 37.8 Å². The zero-order chi connectivity index (χ0) is 13.5. The lowest BCUT2D eigenvalue weighted by atomic mass is 9.91. The lowest BCUT2D eigenvalue weighted by molar-refractivity contribution is 0.137. The molecule has 19 heavy (non-hydrogen) atoms. The summed E-state index contributed by atoms with van der Waals surface area (Å²) in [4.78, 5) is 0. The molecule has 0 spiro atoms. The normalized spacial score (nSPS) is 24.9. The van der Waals surface area contributed by atoms with Crippen LogP contribution in [-0.2, 0) is 12.8 Å². The van der Waals surface area contributed by atoms with Crippen LogP contribution < -0.4 is 10.1 Å². The van der Waals surface area contributed by atoms with Gasteiger partial charge < -0.3 is 10.1 Å². The van der Waals surface area contributed by atoms with Gasteiger partial charge in [0.15, 0.2) is 0 Å². The topological polar surface area (TPSA) is 21.3 Å². The molecule has 2 aliphatic heterocycles. The number of hydrogen-bond acceptors (Lipinski definition) is 2. The van der Waals surface area contributed by atoms with Crippen molar-refractivity contribution in [3.8, 4) is 5.75 Å². The fourth-order valence-electron chi connectivity index (χ4n) is 3.28. The van der Waals surface area contributed by atoms with E-state index in [1.54, 1.807) is 0 Å². The molecule has 2 aliphatic rings. The van der Waals surface area contributed by atoms with E-state index in [1.807, 2.05) is 0 Å². The highest BCUT2D eigenvalue weighted by atomic mass is 79.9. The summed E-state index contributed by atoms with van der Waals surface area (Å²) >= 11 is 3.67. The number of benzene rings is 1. The summed E-state index contributed by atoms with van der Waals surface area (Å²) in [5.41, 5.74) is 2.74. The minimum atomic E-state index is -0.0597. The molecule has 2 heterocycles. The molecule has 0 bridgehead atoms. The molecular formula is C16H22BrNO. The molecule has 0 aromatic heterocycles. The van der Waals surface area contributed by atoms with E-state index in [9.17, 15) is 0 Å². The minimum absolute atomic E-state index is 0.0597. The largest absolute Gasteiger partial charge is 0.486 e. The smallest absolute Gasteiger partial charge is 0.137 e. The average molecular weight is 324 g/mol. The molecule has 2 nitrogen and oxygen atoms in total. The number of ether oxygens (including phenoxy) is 1. The fraction of sp³-hybridized carbons (Fsp3) is 0.625. The Hall–Kier alpha value is -0.540. The van der Waals surface area contributed by atoms with Gasteiger partial charge in [0.25, 0.3) is 0 Å². The van der Waals surface area contributed by atoms with Crippen LogP contribution in [0.3, 0.4) is 0 Å². The minimum Gasteiger partial charge on any atom is -0.486 e. The molecule has 0 amide bonds. The van der Waals surface area contributed by atoms with Crippen LogP contribution >= 0.6 is 15.9 Å². The standard InChI is InChI=1S/C16H22BrNO/c1-16(2)9-13-7-12(8-14(17)15(13)19-16)6-11-4-3-5-18-10-11/h7-8,11,18H,3-6,9-10H2,1-2H3. The second kappa shape index (κ2) is 5.10. The van der Waals surface area contributed by atoms with Crippen LogP contribution in [-0.4, -0.2) is 18.7 Å². The Morgan fingerprint density at radius 3 is 3.00 bits per heavy atom. The predicted octanol–water partition coefficient (Wildman–Crippen LogP) is 3.70. The number of fused-ring (bicyclic) bond motifs is 1. The van der Waals surface area contributed by atoms with E-state index in [0.717, 1.165) is 29.1 Å². The molecule has 0 aliphatic carbocycles. The molecule has 1 saturated heterocycles. The zero-order valence-electron chi connectivity index (χ0n) is 11.8. The van der Waals surface area contributed by atoms with E-state index < -0.39 is 0 Å². The first kappa shape index (κ1) is 13.4. The van der Waals surface area contributed by atoms with Crippen molar-refractivity contribution in [1.29, 1.82) is 0 Å². The maximum atomic E-state index is 6.01. The number of piperidine rings is 1. The van der Waals surface area contributed by atoms with E-state index in [0.29, 0.717) is 0 Å². The first-order chi connectivity index (χ1) is 9.03. The Kier molecular flexibility index (Phi) is 3.61. The molecule has 1 aromatic carbocycles. The summed E-state index contributed by atoms with van der Waals surface area (Å²) in [6.07, 6.45) is 4.85. The van der Waals surface area contributed by atoms with Gasteiger partial charge in [-0.25, -0.2) is 0 Å². The van der Waals surface area contributed by atoms with Crippen molar-refractivity contribution < 1.29 is 4.74 Å². The molecule has 3 heteroatoms. The molecule has 1 fully saturated rings. The molecule has 1 aromatic rings. The Morgan fingerprint density at radius 2 is 2.26 bits per heavy atom. The van der Waals surface area contributed by atoms with Crippen LogP contribution in [0.4, 0.5) is 0 Å². The molecule has 1 atom stereocenters. The highest BCUT2D eigenvalue weighted by Crippen LogP contribution is 2.41. The maximum Gasteiger partial charge on any atom is 0.137 e. The monoisotopic (exact) mass is 323 g/mol. The summed E-state index contributed by atoms with van der Waals surface area (Å²) in [6.45, 7) is 6.66. The third-order valence-corrected chi connectivity index (χ3v) is 4.69. The molecular weight excluding hydrogens is 302 g/mol. The van der Waals surface area contributed by atoms with Crippen molar-refractivity contribution >= 4 is 15.9 Å². The number of halogens is 1. The van der Waals surface area contributed by atoms with E-state index in [1.165, 1.54) is 36.9 Å². The zero-order valence-corrected chi connectivity index (χ0v) is 13.3. The lowest BCUT2D eigenvalue weighted by Crippen LogP contribution is -2.30. The quantitative estimate of drug-likeness (QED) is 0.895. The molecule has 1 unspecified atom stereocenters. The lowest BCUT2D eigenvalue weighted by Gasteiger charge is -2.23. The van der Waals surface area contributed by atoms with E-state index in [-0.39, 0.29) is 5.60 Å². The summed E-state index contributed by atoms with van der Waals surface area (Å²) < 4.78 is 7.13. The summed E-state index contributed by atoms with van der Waals surface area (Å²) in [5.74, 6) is 1.84. The van der Waals surface area contributed by atoms with Crippen molar-refractivity contribution in [2.75, 3.05) is 13.1 Å². The highest BCUT2D eigenvalue weighted by Gasteiger charge is 2.32. The van der Waals surface area contributed by atoms with E-state index >= 15 is 0 Å². The highest BCUT2D eigenvalue weighted by molar-refractivity contribution is 9.10. The Balaban J connectivity index is 1.79. The van der Waals surface area contributed by atoms with Crippen LogP contribution in [0.25, 0.3) is 0 Å². The number of nitrogens with one attached hydrogen (secondary N) is 1. The van der Waals surface area contributed by atoms with Crippen molar-refractivity contribution in [3.05, 3.63) is 27.7 Å². The van der Waals surface area contributed by atoms with E-state index in [4.69, 9.17) is 4.74 Å². The Morgan fingerprint density at radius 1 is 1.42 bits per heavy atom. The van der Waals surface area contributed by atoms with Gasteiger partial charge in [-0.3, -0.25) is 0 Å². The molecule has 0 saturated carbocycles. The van der Waals surface area contributed by atoms with Gasteiger partial charge in [0.05, 0.1) is 4.47 Å². The fourth-order valence-corrected chi connectivity index (χ4v) is 3.91. The van der Waals surface area contributed by atoms with Gasteiger partial charge in [0.1, 0.15) is 11.4 Å². The van der Waals surface area contributed by atoms with Crippen molar-refractivity contribution in [2.24, 2.45) is 5.92 Å². The summed E-state index contributed by atoms with van der Waals surface area (Å²) in [7, 11) is 0. The van der Waals surface area contributed by atoms with Crippen LogP contribution in [0.2, 0.25) is 0 Å². The van der Waals surface area contributed by atoms with Crippen LogP contribution in [0.5, 0.6) is 5.75 Å². The molecule has 1 N–H and O–H groups in total. The van der Waals surface area contributed by atoms with Gasteiger partial charge in [0, 0.05) is 6.42 Å². The summed E-state index contributed by atoms with van der Waals surface area (Å²) in [6, 6.07) is 4.60. The third-order valence-electron chi connectivity index (χ3n) is 4.10. The Labute approximate surface area is 124 Å². The molecule has 0 radical (unpaired) electrons. The second-order valence-corrected chi connectivity index (χ2v) is 7.38. The van der Waals surface area contributed by atoms with Crippen LogP contribution in [0.15, 0.2) is 16.6 Å². The SMILES string of the molecule is CC1(C)Cc2cc(CC3CCCNC3)cc(Br)c2O1. The van der Waals surface area contributed by atoms with Gasteiger partial charge in [-0.2, -0.15) is 0 Å². The van der Waals surface area contributed by atoms with Crippen molar-refractivity contribution in [2.45, 2.75) is 45.1 Å². The first-order valence-electron chi connectivity index (χ1n) is 7.24. The van der Waals surface area contributed by atoms with Crippen molar-refractivity contribution in [1.82, 2.24) is 5.32 Å². The van der Waals surface area contributed by atoms with Gasteiger partial charge in [-0.05, 0) is 85.2 Å². The number of rotatable bonds is 2. The maximum absolute atomic E-state index is 6.01. The van der Waals surface area contributed by atoms with Crippen molar-refractivity contribution in [3.63, 3.8) is 0 Å². The Bertz CT molecular complexity index is 478. The molecule has 3 rings (SSSR count). The van der Waals surface area contributed by atoms with Gasteiger partial charge in [-0.1, -0.05) is 6.07 Å². The van der Waals surface area contributed by atoms with Gasteiger partial charge in [0.2, 0.25) is 0 Å². The first-order valence-corrected chi connectivity index (χ1v) is 8.04. The number of hydrogen-bond donors (Lipinski definition) is 1. The van der Waals surface area contributed by atoms with Crippen LogP contribution in [0, 0.1) is 5.92 Å². The average Bonchev–Trinajstić information content (AvgIpc) is 2.65. The second-order valence-electron chi connectivity index (χ2n) is 6.52. The predicted molar refractivity (Wildman–Crippen MR) is 81.9 cm³/mol. The van der Waals surface area contributed by atoms with E-state index in [2.05, 4.69) is 47.2 Å². The van der Waals surface area contributed by atoms with Gasteiger partial charge >= 0.3 is 0 Å². The summed E-state index contributed by atoms with van der Waals surface area (Å²) in [5, 5.41) is 3.50. The van der Waals surface area contributed by atoms with Gasteiger partial charge in [-0.15, -0.1) is 0 Å². The molecule has 104 valence electrons.